The molecule has 0 bridgehead atoms. The zero-order valence-electron chi connectivity index (χ0n) is 17.9. The molecule has 1 aromatic carbocycles. The molecule has 1 aromatic rings. The third kappa shape index (κ3) is 7.39. The molecule has 1 heterocycles. The number of carbonyl (C=O) groups excluding carboxylic acids is 3. The molecular weight excluding hydrogens is 386 g/mol. The largest absolute Gasteiger partial charge is 0.497 e. The highest BCUT2D eigenvalue weighted by atomic mass is 16.6. The number of methoxy groups -OCH3 is 1. The summed E-state index contributed by atoms with van der Waals surface area (Å²) in [5, 5.41) is 2.63. The van der Waals surface area contributed by atoms with Gasteiger partial charge in [0, 0.05) is 18.9 Å². The lowest BCUT2D eigenvalue weighted by Crippen LogP contribution is -2.28. The summed E-state index contributed by atoms with van der Waals surface area (Å²) in [5.74, 6) is 0.0128. The van der Waals surface area contributed by atoms with Crippen molar-refractivity contribution >= 4 is 29.6 Å². The zero-order chi connectivity index (χ0) is 22.1. The van der Waals surface area contributed by atoms with Gasteiger partial charge in [-0.2, -0.15) is 0 Å². The fourth-order valence-corrected chi connectivity index (χ4v) is 2.83. The predicted octanol–water partition coefficient (Wildman–Crippen LogP) is 4.91. The van der Waals surface area contributed by atoms with Crippen LogP contribution in [-0.2, 0) is 14.3 Å². The van der Waals surface area contributed by atoms with E-state index in [-0.39, 0.29) is 23.6 Å². The molecule has 1 aliphatic rings. The zero-order valence-corrected chi connectivity index (χ0v) is 17.9. The fourth-order valence-electron chi connectivity index (χ4n) is 2.83. The van der Waals surface area contributed by atoms with Gasteiger partial charge in [0.05, 0.1) is 18.4 Å². The maximum Gasteiger partial charge on any atom is 0.412 e. The first kappa shape index (κ1) is 23.2. The number of carbonyl (C=O) groups is 3. The van der Waals surface area contributed by atoms with Gasteiger partial charge in [-0.15, -0.1) is 0 Å². The molecule has 162 valence electrons. The van der Waals surface area contributed by atoms with Gasteiger partial charge < -0.3 is 14.2 Å². The average molecular weight is 415 g/mol. The Morgan fingerprint density at radius 3 is 2.60 bits per heavy atom. The number of fused-ring (bicyclic) bond motifs is 1. The first-order chi connectivity index (χ1) is 14.2. The number of hydrogen-bond acceptors (Lipinski definition) is 6. The molecule has 0 saturated carbocycles. The molecule has 30 heavy (non-hydrogen) atoms. The summed E-state index contributed by atoms with van der Waals surface area (Å²) in [7, 11) is 1.50. The minimum atomic E-state index is -0.692. The van der Waals surface area contributed by atoms with Gasteiger partial charge in [0.1, 0.15) is 23.7 Å². The summed E-state index contributed by atoms with van der Waals surface area (Å²) in [6.45, 7) is 5.28. The van der Waals surface area contributed by atoms with Crippen LogP contribution in [0, 0.1) is 0 Å². The van der Waals surface area contributed by atoms with Crippen LogP contribution < -0.4 is 10.1 Å². The predicted molar refractivity (Wildman–Crippen MR) is 115 cm³/mol. The van der Waals surface area contributed by atoms with Crippen LogP contribution in [0.15, 0.2) is 30.4 Å². The van der Waals surface area contributed by atoms with Crippen LogP contribution >= 0.6 is 0 Å². The van der Waals surface area contributed by atoms with E-state index in [0.29, 0.717) is 30.6 Å². The minimum Gasteiger partial charge on any atom is -0.497 e. The third-order valence-corrected chi connectivity index (χ3v) is 4.16. The number of amides is 1. The first-order valence-electron chi connectivity index (χ1n) is 9.92. The summed E-state index contributed by atoms with van der Waals surface area (Å²) < 4.78 is 16.0. The molecule has 1 N–H and O–H groups in total. The van der Waals surface area contributed by atoms with E-state index < -0.39 is 17.7 Å². The van der Waals surface area contributed by atoms with Crippen molar-refractivity contribution in [3.63, 3.8) is 0 Å². The second-order valence-corrected chi connectivity index (χ2v) is 7.87. The smallest absolute Gasteiger partial charge is 0.412 e. The molecule has 0 saturated heterocycles. The number of benzene rings is 1. The molecule has 0 fully saturated rings. The van der Waals surface area contributed by atoms with E-state index in [2.05, 4.69) is 5.32 Å². The molecule has 0 unspecified atom stereocenters. The van der Waals surface area contributed by atoms with Gasteiger partial charge in [0.2, 0.25) is 0 Å². The molecule has 0 radical (unpaired) electrons. The molecule has 1 amide bonds. The Morgan fingerprint density at radius 1 is 1.13 bits per heavy atom. The monoisotopic (exact) mass is 415 g/mol. The van der Waals surface area contributed by atoms with Crippen molar-refractivity contribution in [1.82, 2.24) is 0 Å². The highest BCUT2D eigenvalue weighted by Crippen LogP contribution is 2.30. The lowest BCUT2D eigenvalue weighted by molar-refractivity contribution is -0.118. The van der Waals surface area contributed by atoms with Crippen molar-refractivity contribution in [1.29, 1.82) is 0 Å². The summed E-state index contributed by atoms with van der Waals surface area (Å²) in [5.41, 5.74) is 0.291. The Hall–Kier alpha value is -3.09. The van der Waals surface area contributed by atoms with Crippen molar-refractivity contribution in [3.8, 4) is 5.75 Å². The van der Waals surface area contributed by atoms with Gasteiger partial charge in [-0.3, -0.25) is 10.1 Å². The van der Waals surface area contributed by atoms with Gasteiger partial charge in [-0.05, 0) is 45.2 Å². The van der Waals surface area contributed by atoms with Crippen molar-refractivity contribution in [3.05, 3.63) is 41.5 Å². The Labute approximate surface area is 177 Å². The Bertz CT molecular complexity index is 848. The maximum absolute atomic E-state index is 12.8. The van der Waals surface area contributed by atoms with Crippen LogP contribution in [-0.4, -0.2) is 37.2 Å². The summed E-state index contributed by atoms with van der Waals surface area (Å²) in [6, 6.07) is 3.25. The maximum atomic E-state index is 12.8. The minimum absolute atomic E-state index is 0.0210. The van der Waals surface area contributed by atoms with E-state index in [9.17, 15) is 14.4 Å². The number of allylic oxidation sites excluding steroid dienone is 2. The normalized spacial score (nSPS) is 15.6. The molecule has 7 nitrogen and oxygen atoms in total. The number of hydrogen-bond donors (Lipinski definition) is 1. The number of Topliss-reactive ketones (excluding diaryl/α,β-unsaturated/α-hetero) is 1. The van der Waals surface area contributed by atoms with Gasteiger partial charge in [-0.1, -0.05) is 24.3 Å². The molecule has 0 atom stereocenters. The van der Waals surface area contributed by atoms with Crippen LogP contribution in [0.1, 0.15) is 62.4 Å². The lowest BCUT2D eigenvalue weighted by atomic mass is 10.0. The van der Waals surface area contributed by atoms with Crippen LogP contribution in [0.2, 0.25) is 0 Å². The number of ether oxygens (including phenoxy) is 3. The average Bonchev–Trinajstić information content (AvgIpc) is 2.64. The topological polar surface area (TPSA) is 90.9 Å². The molecule has 0 spiro atoms. The fraction of sp³-hybridized carbons (Fsp3) is 0.435. The lowest BCUT2D eigenvalue weighted by Gasteiger charge is -2.21. The first-order valence-corrected chi connectivity index (χ1v) is 9.92. The van der Waals surface area contributed by atoms with Crippen molar-refractivity contribution in [2.45, 2.75) is 52.1 Å². The summed E-state index contributed by atoms with van der Waals surface area (Å²) in [6.07, 6.45) is 8.51. The summed E-state index contributed by atoms with van der Waals surface area (Å²) in [4.78, 5) is 37.0. The highest BCUT2D eigenvalue weighted by Gasteiger charge is 2.23. The second-order valence-electron chi connectivity index (χ2n) is 7.87. The third-order valence-electron chi connectivity index (χ3n) is 4.16. The number of cyclic esters (lactones) is 1. The Morgan fingerprint density at radius 2 is 1.90 bits per heavy atom. The molecule has 0 aromatic heterocycles. The van der Waals surface area contributed by atoms with Crippen LogP contribution in [0.3, 0.4) is 0 Å². The number of ketones is 1. The van der Waals surface area contributed by atoms with E-state index in [1.54, 1.807) is 51.1 Å². The molecular formula is C23H29NO6. The van der Waals surface area contributed by atoms with Gasteiger partial charge in [0.15, 0.2) is 0 Å². The van der Waals surface area contributed by atoms with Gasteiger partial charge in [-0.25, -0.2) is 9.59 Å². The molecule has 1 aliphatic heterocycles. The Kier molecular flexibility index (Phi) is 8.21. The van der Waals surface area contributed by atoms with Gasteiger partial charge in [0.25, 0.3) is 0 Å². The number of rotatable bonds is 2. The number of esters is 1. The SMILES string of the molecule is COc1cc2c(c(NC(=O)OC(C)(C)C)c1)C(=O)OCC=CCC(=O)CCCC=C2. The van der Waals surface area contributed by atoms with E-state index in [0.717, 1.165) is 6.42 Å². The Balaban J connectivity index is 2.43. The molecule has 7 heteroatoms. The van der Waals surface area contributed by atoms with Crippen molar-refractivity contribution in [2.75, 3.05) is 19.0 Å². The van der Waals surface area contributed by atoms with E-state index in [1.807, 2.05) is 6.08 Å². The molecule has 2 rings (SSSR count). The molecule has 0 aliphatic carbocycles. The quantitative estimate of drug-likeness (QED) is 0.545. The summed E-state index contributed by atoms with van der Waals surface area (Å²) >= 11 is 0. The number of nitrogens with one attached hydrogen (secondary N) is 1. The van der Waals surface area contributed by atoms with E-state index in [4.69, 9.17) is 14.2 Å². The van der Waals surface area contributed by atoms with Crippen LogP contribution in [0.4, 0.5) is 10.5 Å². The standard InChI is InChI=1S/C23H29NO6/c1-23(2,3)30-22(27)24-19-15-18(28-4)14-16-10-6-5-7-11-17(25)12-8-9-13-29-21(26)20(16)19/h6,8-10,14-15H,5,7,11-13H2,1-4H3,(H,24,27). The van der Waals surface area contributed by atoms with Crippen molar-refractivity contribution in [2.24, 2.45) is 0 Å². The van der Waals surface area contributed by atoms with Crippen LogP contribution in [0.5, 0.6) is 5.75 Å². The number of anilines is 1. The van der Waals surface area contributed by atoms with Crippen LogP contribution in [0.25, 0.3) is 6.08 Å². The van der Waals surface area contributed by atoms with E-state index in [1.165, 1.54) is 7.11 Å². The van der Waals surface area contributed by atoms with Crippen molar-refractivity contribution < 1.29 is 28.6 Å². The highest BCUT2D eigenvalue weighted by molar-refractivity contribution is 6.03. The van der Waals surface area contributed by atoms with E-state index >= 15 is 0 Å². The second kappa shape index (κ2) is 10.6. The van der Waals surface area contributed by atoms with Gasteiger partial charge >= 0.3 is 12.1 Å².